The van der Waals surface area contributed by atoms with Gasteiger partial charge in [-0.15, -0.1) is 0 Å². The highest BCUT2D eigenvalue weighted by Gasteiger charge is 2.61. The summed E-state index contributed by atoms with van der Waals surface area (Å²) in [5.74, 6) is -7.87. The Labute approximate surface area is 172 Å². The molecule has 2 unspecified atom stereocenters. The van der Waals surface area contributed by atoms with Gasteiger partial charge in [0.15, 0.2) is 6.10 Å². The van der Waals surface area contributed by atoms with Gasteiger partial charge < -0.3 is 9.84 Å². The van der Waals surface area contributed by atoms with E-state index in [4.69, 9.17) is 16.3 Å². The predicted molar refractivity (Wildman–Crippen MR) is 95.6 cm³/mol. The number of halogens is 6. The minimum absolute atomic E-state index is 0.325. The van der Waals surface area contributed by atoms with E-state index in [0.717, 1.165) is 18.2 Å². The molecule has 0 aliphatic heterocycles. The Kier molecular flexibility index (Phi) is 7.27. The maximum Gasteiger partial charge on any atom is 0.342 e. The van der Waals surface area contributed by atoms with Gasteiger partial charge in [0, 0.05) is 16.7 Å². The molecule has 0 bridgehead atoms. The highest BCUT2D eigenvalue weighted by molar-refractivity contribution is 7.93. The maximum atomic E-state index is 13.6. The number of rotatable bonds is 8. The van der Waals surface area contributed by atoms with Crippen LogP contribution in [0.25, 0.3) is 0 Å². The van der Waals surface area contributed by atoms with Gasteiger partial charge >= 0.3 is 10.8 Å². The van der Waals surface area contributed by atoms with Gasteiger partial charge in [0.05, 0.1) is 0 Å². The lowest BCUT2D eigenvalue weighted by atomic mass is 10.2. The normalized spacial score (nSPS) is 15.0. The first kappa shape index (κ1) is 23.8. The average Bonchev–Trinajstić information content (AvgIpc) is 2.66. The van der Waals surface area contributed by atoms with Crippen LogP contribution < -0.4 is 10.1 Å². The number of sulfone groups is 1. The number of ether oxygens (including phenoxy) is 1. The molecule has 6 nitrogen and oxygen atoms in total. The Hall–Kier alpha value is -2.44. The second kappa shape index (κ2) is 9.14. The standard InChI is InChI=1S/C17H13ClF5NO5S/c18-10-6-11(19)8-12(7-10)29-17(13(25)14(20)21,30(27,28)16(22)23)24-15(26)9-4-2-1-3-5-9/h1-8,13-14,16,25H,(H,24,26). The molecule has 0 aliphatic rings. The van der Waals surface area contributed by atoms with E-state index in [1.807, 2.05) is 0 Å². The summed E-state index contributed by atoms with van der Waals surface area (Å²) in [5, 5.41) is 6.81. The van der Waals surface area contributed by atoms with Crippen LogP contribution in [0.3, 0.4) is 0 Å². The number of carbonyl (C=O) groups is 1. The first-order valence-electron chi connectivity index (χ1n) is 7.91. The van der Waals surface area contributed by atoms with E-state index >= 15 is 0 Å². The number of carbonyl (C=O) groups excluding carboxylic acids is 1. The first-order valence-corrected chi connectivity index (χ1v) is 9.83. The molecule has 2 aromatic rings. The van der Waals surface area contributed by atoms with Crippen LogP contribution in [0.5, 0.6) is 5.75 Å². The van der Waals surface area contributed by atoms with Crippen molar-refractivity contribution >= 4 is 27.3 Å². The molecule has 0 heterocycles. The summed E-state index contributed by atoms with van der Waals surface area (Å²) in [5.41, 5.74) is -0.325. The van der Waals surface area contributed by atoms with Gasteiger partial charge in [-0.25, -0.2) is 21.6 Å². The summed E-state index contributed by atoms with van der Waals surface area (Å²) >= 11 is 5.58. The summed E-state index contributed by atoms with van der Waals surface area (Å²) < 4.78 is 96.4. The largest absolute Gasteiger partial charge is 0.451 e. The molecule has 0 spiro atoms. The van der Waals surface area contributed by atoms with E-state index < -0.39 is 55.7 Å². The summed E-state index contributed by atoms with van der Waals surface area (Å²) in [6.07, 6.45) is -7.47. The number of benzene rings is 2. The molecule has 164 valence electrons. The Bertz CT molecular complexity index is 989. The van der Waals surface area contributed by atoms with Crippen LogP contribution in [-0.2, 0) is 9.84 Å². The smallest absolute Gasteiger partial charge is 0.342 e. The van der Waals surface area contributed by atoms with E-state index in [1.54, 1.807) is 0 Å². The van der Waals surface area contributed by atoms with Crippen molar-refractivity contribution < 1.29 is 45.0 Å². The topological polar surface area (TPSA) is 92.7 Å². The highest BCUT2D eigenvalue weighted by Crippen LogP contribution is 2.33. The monoisotopic (exact) mass is 473 g/mol. The Morgan fingerprint density at radius 3 is 2.20 bits per heavy atom. The van der Waals surface area contributed by atoms with E-state index in [9.17, 15) is 40.3 Å². The molecule has 0 saturated carbocycles. The van der Waals surface area contributed by atoms with Gasteiger partial charge in [-0.3, -0.25) is 10.1 Å². The van der Waals surface area contributed by atoms with Crippen LogP contribution in [0.4, 0.5) is 22.0 Å². The minimum Gasteiger partial charge on any atom is -0.451 e. The summed E-state index contributed by atoms with van der Waals surface area (Å²) in [4.78, 5) is 12.4. The Morgan fingerprint density at radius 2 is 1.70 bits per heavy atom. The zero-order valence-electron chi connectivity index (χ0n) is 14.6. The highest BCUT2D eigenvalue weighted by atomic mass is 35.5. The molecule has 2 N–H and O–H groups in total. The van der Waals surface area contributed by atoms with Crippen LogP contribution in [0.15, 0.2) is 48.5 Å². The van der Waals surface area contributed by atoms with Crippen molar-refractivity contribution in [2.45, 2.75) is 23.3 Å². The predicted octanol–water partition coefficient (Wildman–Crippen LogP) is 3.21. The van der Waals surface area contributed by atoms with Crippen molar-refractivity contribution in [3.05, 3.63) is 64.9 Å². The quantitative estimate of drug-likeness (QED) is 0.454. The SMILES string of the molecule is O=C(NC(Oc1cc(F)cc(Cl)c1)(C(O)C(F)F)S(=O)(=O)C(F)F)c1ccccc1. The lowest BCUT2D eigenvalue weighted by molar-refractivity contribution is -0.0957. The van der Waals surface area contributed by atoms with E-state index in [-0.39, 0.29) is 5.56 Å². The van der Waals surface area contributed by atoms with Crippen LogP contribution in [0, 0.1) is 5.82 Å². The van der Waals surface area contributed by atoms with Crippen molar-refractivity contribution in [1.29, 1.82) is 0 Å². The molecule has 1 amide bonds. The van der Waals surface area contributed by atoms with Gasteiger partial charge in [0.1, 0.15) is 11.6 Å². The fraction of sp³-hybridized carbons (Fsp3) is 0.235. The van der Waals surface area contributed by atoms with E-state index in [2.05, 4.69) is 0 Å². The summed E-state index contributed by atoms with van der Waals surface area (Å²) in [6, 6.07) is 8.19. The van der Waals surface area contributed by atoms with Crippen LogP contribution in [-0.4, -0.2) is 42.8 Å². The van der Waals surface area contributed by atoms with Crippen molar-refractivity contribution in [3.63, 3.8) is 0 Å². The van der Waals surface area contributed by atoms with Crippen molar-refractivity contribution in [2.75, 3.05) is 0 Å². The molecule has 13 heteroatoms. The fourth-order valence-corrected chi connectivity index (χ4v) is 3.70. The maximum absolute atomic E-state index is 13.6. The van der Waals surface area contributed by atoms with Gasteiger partial charge in [0.2, 0.25) is 0 Å². The Balaban J connectivity index is 2.69. The summed E-state index contributed by atoms with van der Waals surface area (Å²) in [7, 11) is -6.15. The van der Waals surface area contributed by atoms with Crippen LogP contribution in [0.1, 0.15) is 10.4 Å². The number of amides is 1. The molecule has 2 aromatic carbocycles. The molecule has 2 atom stereocenters. The van der Waals surface area contributed by atoms with Crippen molar-refractivity contribution in [3.8, 4) is 5.75 Å². The van der Waals surface area contributed by atoms with E-state index in [1.165, 1.54) is 23.5 Å². The second-order valence-corrected chi connectivity index (χ2v) is 8.27. The number of aliphatic hydroxyl groups excluding tert-OH is 1. The first-order chi connectivity index (χ1) is 13.9. The third-order valence-corrected chi connectivity index (χ3v) is 5.67. The van der Waals surface area contributed by atoms with Crippen molar-refractivity contribution in [1.82, 2.24) is 5.32 Å². The number of nitrogens with one attached hydrogen (secondary N) is 1. The third kappa shape index (κ3) is 4.82. The van der Waals surface area contributed by atoms with Gasteiger partial charge in [0.25, 0.3) is 22.2 Å². The number of aliphatic hydroxyl groups is 1. The lowest BCUT2D eigenvalue weighted by Gasteiger charge is -2.37. The second-order valence-electron chi connectivity index (χ2n) is 5.78. The van der Waals surface area contributed by atoms with Gasteiger partial charge in [-0.1, -0.05) is 29.8 Å². The average molecular weight is 474 g/mol. The van der Waals surface area contributed by atoms with Crippen molar-refractivity contribution in [2.24, 2.45) is 0 Å². The summed E-state index contributed by atoms with van der Waals surface area (Å²) in [6.45, 7) is 0. The van der Waals surface area contributed by atoms with E-state index in [0.29, 0.717) is 12.1 Å². The van der Waals surface area contributed by atoms with Gasteiger partial charge in [-0.2, -0.15) is 8.78 Å². The molecule has 0 fully saturated rings. The number of alkyl halides is 4. The van der Waals surface area contributed by atoms with Crippen LogP contribution >= 0.6 is 11.6 Å². The van der Waals surface area contributed by atoms with Crippen LogP contribution in [0.2, 0.25) is 5.02 Å². The molecule has 0 saturated heterocycles. The zero-order valence-corrected chi connectivity index (χ0v) is 16.2. The fourth-order valence-electron chi connectivity index (χ4n) is 2.34. The molecular formula is C17H13ClF5NO5S. The minimum atomic E-state index is -6.15. The molecular weight excluding hydrogens is 461 g/mol. The molecule has 0 radical (unpaired) electrons. The number of hydrogen-bond donors (Lipinski definition) is 2. The number of hydrogen-bond acceptors (Lipinski definition) is 5. The molecule has 2 rings (SSSR count). The zero-order chi connectivity index (χ0) is 22.7. The lowest BCUT2D eigenvalue weighted by Crippen LogP contribution is -2.68. The molecule has 0 aromatic heterocycles. The molecule has 0 aliphatic carbocycles. The molecule has 30 heavy (non-hydrogen) atoms. The third-order valence-electron chi connectivity index (χ3n) is 3.71. The Morgan fingerprint density at radius 1 is 1.10 bits per heavy atom. The van der Waals surface area contributed by atoms with Gasteiger partial charge in [-0.05, 0) is 24.3 Å².